The molecule has 192 valence electrons. The van der Waals surface area contributed by atoms with Crippen LogP contribution in [0, 0.1) is 0 Å². The summed E-state index contributed by atoms with van der Waals surface area (Å²) < 4.78 is 57.6. The summed E-state index contributed by atoms with van der Waals surface area (Å²) in [6.07, 6.45) is 0.715. The van der Waals surface area contributed by atoms with E-state index in [1.54, 1.807) is 12.1 Å². The van der Waals surface area contributed by atoms with Crippen LogP contribution in [0.25, 0.3) is 0 Å². The van der Waals surface area contributed by atoms with Crippen LogP contribution in [-0.4, -0.2) is 52.8 Å². The Balaban J connectivity index is 0.000000585. The fourth-order valence-electron chi connectivity index (χ4n) is 2.76. The number of nitrogens with zero attached hydrogens (tertiary/aromatic N) is 1. The molecule has 3 rings (SSSR count). The number of hydrogen-bond donors (Lipinski definition) is 4. The van der Waals surface area contributed by atoms with Crippen molar-refractivity contribution in [2.24, 2.45) is 0 Å². The maximum Gasteiger partial charge on any atom is 0.294 e. The molecule has 0 aromatic heterocycles. The van der Waals surface area contributed by atoms with Crippen LogP contribution in [0.4, 0.5) is 17.1 Å². The van der Waals surface area contributed by atoms with Gasteiger partial charge in [0, 0.05) is 23.6 Å². The third kappa shape index (κ3) is 11.9. The molecule has 0 atom stereocenters. The molecule has 4 N–H and O–H groups in total. The molecule has 3 aromatic rings. The zero-order valence-corrected chi connectivity index (χ0v) is 21.8. The average molecular weight is 524 g/mol. The Hall–Kier alpha value is -2.80. The fourth-order valence-corrected chi connectivity index (χ4v) is 3.24. The summed E-state index contributed by atoms with van der Waals surface area (Å²) in [6.45, 7) is 3.93. The molecular formula is C24H33N3O6S2. The third-order valence-corrected chi connectivity index (χ3v) is 5.20. The minimum absolute atomic E-state index is 0.126. The van der Waals surface area contributed by atoms with E-state index in [1.807, 2.05) is 73.6 Å². The highest BCUT2D eigenvalue weighted by Gasteiger charge is 2.14. The summed E-state index contributed by atoms with van der Waals surface area (Å²) in [6, 6.07) is 24.1. The van der Waals surface area contributed by atoms with Crippen molar-refractivity contribution in [3.63, 3.8) is 0 Å². The minimum Gasteiger partial charge on any atom is -0.320 e. The van der Waals surface area contributed by atoms with E-state index in [0.29, 0.717) is 6.26 Å². The Kier molecular flexibility index (Phi) is 12.6. The van der Waals surface area contributed by atoms with E-state index >= 15 is 0 Å². The lowest BCUT2D eigenvalue weighted by Crippen LogP contribution is -2.11. The van der Waals surface area contributed by atoms with Crippen molar-refractivity contribution >= 4 is 37.3 Å². The largest absolute Gasteiger partial charge is 0.320 e. The van der Waals surface area contributed by atoms with Gasteiger partial charge in [0.1, 0.15) is 0 Å². The van der Waals surface area contributed by atoms with Crippen molar-refractivity contribution in [1.82, 2.24) is 10.6 Å². The van der Waals surface area contributed by atoms with Crippen LogP contribution in [0.2, 0.25) is 0 Å². The van der Waals surface area contributed by atoms with Crippen molar-refractivity contribution in [2.75, 3.05) is 31.8 Å². The predicted molar refractivity (Wildman–Crippen MR) is 141 cm³/mol. The maximum atomic E-state index is 11.3. The Morgan fingerprint density at radius 1 is 0.714 bits per heavy atom. The van der Waals surface area contributed by atoms with E-state index in [-0.39, 0.29) is 4.90 Å². The summed E-state index contributed by atoms with van der Waals surface area (Å²) in [4.78, 5) is 1.90. The molecule has 0 aliphatic carbocycles. The van der Waals surface area contributed by atoms with Gasteiger partial charge >= 0.3 is 0 Å². The lowest BCUT2D eigenvalue weighted by Gasteiger charge is -2.25. The lowest BCUT2D eigenvalue weighted by molar-refractivity contribution is 0.482. The van der Waals surface area contributed by atoms with Gasteiger partial charge in [0.05, 0.1) is 11.2 Å². The third-order valence-electron chi connectivity index (χ3n) is 4.34. The first-order valence-electron chi connectivity index (χ1n) is 10.6. The monoisotopic (exact) mass is 523 g/mol. The fraction of sp³-hybridized carbons (Fsp3) is 0.250. The molecule has 0 amide bonds. The number of benzene rings is 3. The SMILES string of the molecule is CCNC.CNCc1ccc(N(c2ccccc2)c2ccc(S(=O)(=O)O)cc2)cc1.CS(=O)(=O)O. The van der Waals surface area contributed by atoms with Gasteiger partial charge in [0.25, 0.3) is 20.2 Å². The van der Waals surface area contributed by atoms with Crippen LogP contribution in [0.3, 0.4) is 0 Å². The van der Waals surface area contributed by atoms with Crippen molar-refractivity contribution in [3.05, 3.63) is 84.4 Å². The summed E-state index contributed by atoms with van der Waals surface area (Å²) in [7, 11) is -4.04. The molecule has 0 radical (unpaired) electrons. The molecule has 0 saturated carbocycles. The van der Waals surface area contributed by atoms with Gasteiger partial charge in [-0.1, -0.05) is 37.3 Å². The van der Waals surface area contributed by atoms with Gasteiger partial charge in [-0.25, -0.2) is 0 Å². The molecule has 0 unspecified atom stereocenters. The smallest absolute Gasteiger partial charge is 0.294 e. The molecule has 0 bridgehead atoms. The molecule has 0 fully saturated rings. The normalized spacial score (nSPS) is 10.9. The van der Waals surface area contributed by atoms with Gasteiger partial charge in [-0.05, 0) is 74.7 Å². The highest BCUT2D eigenvalue weighted by Crippen LogP contribution is 2.34. The number of anilines is 3. The number of nitrogens with one attached hydrogen (secondary N) is 2. The summed E-state index contributed by atoms with van der Waals surface area (Å²) in [5.74, 6) is 0. The molecule has 35 heavy (non-hydrogen) atoms. The minimum atomic E-state index is -4.21. The molecule has 0 aliphatic rings. The summed E-state index contributed by atoms with van der Waals surface area (Å²) in [5.41, 5.74) is 3.88. The average Bonchev–Trinajstić information content (AvgIpc) is 2.80. The van der Waals surface area contributed by atoms with Gasteiger partial charge in [-0.3, -0.25) is 9.11 Å². The van der Waals surface area contributed by atoms with Crippen molar-refractivity contribution in [1.29, 1.82) is 0 Å². The zero-order valence-electron chi connectivity index (χ0n) is 20.2. The Labute approximate surface area is 208 Å². The Bertz CT molecular complexity index is 1210. The summed E-state index contributed by atoms with van der Waals surface area (Å²) in [5, 5.41) is 6.05. The maximum absolute atomic E-state index is 11.3. The Morgan fingerprint density at radius 2 is 1.11 bits per heavy atom. The summed E-state index contributed by atoms with van der Waals surface area (Å²) >= 11 is 0. The first-order chi connectivity index (χ1) is 16.4. The van der Waals surface area contributed by atoms with Crippen LogP contribution >= 0.6 is 0 Å². The number of hydrogen-bond acceptors (Lipinski definition) is 7. The highest BCUT2D eigenvalue weighted by atomic mass is 32.2. The topological polar surface area (TPSA) is 136 Å². The number of para-hydroxylation sites is 1. The number of rotatable bonds is 7. The van der Waals surface area contributed by atoms with Crippen LogP contribution < -0.4 is 15.5 Å². The zero-order chi connectivity index (χ0) is 26.5. The second-order valence-electron chi connectivity index (χ2n) is 7.28. The van der Waals surface area contributed by atoms with E-state index in [1.165, 1.54) is 17.7 Å². The standard InChI is InChI=1S/C20H20N2O3S.C3H9N.CH4O3S/c1-21-15-16-7-9-18(10-8-16)22(17-5-3-2-4-6-17)19-11-13-20(14-12-19)26(23,24)25;1-3-4-2;1-5(2,3)4/h2-14,21H,15H2,1H3,(H,23,24,25);4H,3H2,1-2H3;1H3,(H,2,3,4). The van der Waals surface area contributed by atoms with Crippen molar-refractivity contribution in [3.8, 4) is 0 Å². The Morgan fingerprint density at radius 3 is 1.49 bits per heavy atom. The second-order valence-corrected chi connectivity index (χ2v) is 10.2. The first kappa shape index (κ1) is 30.2. The first-order valence-corrected chi connectivity index (χ1v) is 13.9. The van der Waals surface area contributed by atoms with E-state index in [9.17, 15) is 21.4 Å². The predicted octanol–water partition coefficient (Wildman–Crippen LogP) is 3.85. The van der Waals surface area contributed by atoms with Crippen LogP contribution in [0.1, 0.15) is 12.5 Å². The van der Waals surface area contributed by atoms with E-state index in [0.717, 1.165) is 30.2 Å². The van der Waals surface area contributed by atoms with Crippen LogP contribution in [0.5, 0.6) is 0 Å². The molecule has 0 aliphatic heterocycles. The quantitative estimate of drug-likeness (QED) is 0.340. The van der Waals surface area contributed by atoms with Crippen LogP contribution in [-0.2, 0) is 26.8 Å². The molecule has 3 aromatic carbocycles. The van der Waals surface area contributed by atoms with E-state index in [2.05, 4.69) is 17.6 Å². The van der Waals surface area contributed by atoms with Gasteiger partial charge in [0.15, 0.2) is 0 Å². The van der Waals surface area contributed by atoms with Crippen LogP contribution in [0.15, 0.2) is 83.8 Å². The second kappa shape index (κ2) is 14.6. The molecule has 9 nitrogen and oxygen atoms in total. The molecular weight excluding hydrogens is 490 g/mol. The van der Waals surface area contributed by atoms with Crippen molar-refractivity contribution < 1.29 is 25.9 Å². The van der Waals surface area contributed by atoms with Gasteiger partial charge in [-0.2, -0.15) is 16.8 Å². The van der Waals surface area contributed by atoms with Gasteiger partial charge in [0.2, 0.25) is 0 Å². The molecule has 0 heterocycles. The molecule has 11 heteroatoms. The van der Waals surface area contributed by atoms with Gasteiger partial charge < -0.3 is 15.5 Å². The molecule has 0 saturated heterocycles. The highest BCUT2D eigenvalue weighted by molar-refractivity contribution is 7.85. The van der Waals surface area contributed by atoms with Gasteiger partial charge in [-0.15, -0.1) is 0 Å². The van der Waals surface area contributed by atoms with E-state index < -0.39 is 20.2 Å². The van der Waals surface area contributed by atoms with E-state index in [4.69, 9.17) is 4.55 Å². The molecule has 0 spiro atoms. The van der Waals surface area contributed by atoms with Crippen molar-refractivity contribution in [2.45, 2.75) is 18.4 Å². The lowest BCUT2D eigenvalue weighted by atomic mass is 10.1.